The number of methoxy groups -OCH3 is 2. The molecule has 0 saturated heterocycles. The van der Waals surface area contributed by atoms with Crippen molar-refractivity contribution in [3.8, 4) is 5.82 Å². The SMILES string of the molecule is COC(=O)c1cc(Nc2ncnc(-n3nc(C)cc3C)c2N)cc(C(=O)OC)c1. The van der Waals surface area contributed by atoms with Gasteiger partial charge in [-0.1, -0.05) is 0 Å². The largest absolute Gasteiger partial charge is 0.465 e. The summed E-state index contributed by atoms with van der Waals surface area (Å²) in [4.78, 5) is 32.3. The predicted molar refractivity (Wildman–Crippen MR) is 105 cm³/mol. The summed E-state index contributed by atoms with van der Waals surface area (Å²) < 4.78 is 11.1. The molecule has 10 nitrogen and oxygen atoms in total. The van der Waals surface area contributed by atoms with Gasteiger partial charge in [-0.3, -0.25) is 0 Å². The minimum atomic E-state index is -0.599. The number of hydrogen-bond acceptors (Lipinski definition) is 9. The number of ether oxygens (including phenoxy) is 2. The summed E-state index contributed by atoms with van der Waals surface area (Å²) in [7, 11) is 2.51. The average molecular weight is 396 g/mol. The molecule has 0 aliphatic heterocycles. The highest BCUT2D eigenvalue weighted by molar-refractivity contribution is 5.97. The third-order valence-electron chi connectivity index (χ3n) is 4.11. The zero-order chi connectivity index (χ0) is 21.1. The monoisotopic (exact) mass is 396 g/mol. The van der Waals surface area contributed by atoms with E-state index in [0.717, 1.165) is 11.4 Å². The van der Waals surface area contributed by atoms with Gasteiger partial charge in [-0.15, -0.1) is 0 Å². The summed E-state index contributed by atoms with van der Waals surface area (Å²) >= 11 is 0. The van der Waals surface area contributed by atoms with Crippen LogP contribution < -0.4 is 11.1 Å². The van der Waals surface area contributed by atoms with E-state index in [2.05, 4.69) is 20.4 Å². The number of anilines is 3. The van der Waals surface area contributed by atoms with Gasteiger partial charge in [-0.25, -0.2) is 24.2 Å². The molecule has 3 rings (SSSR count). The number of nitrogens with one attached hydrogen (secondary N) is 1. The second-order valence-corrected chi connectivity index (χ2v) is 6.21. The van der Waals surface area contributed by atoms with Gasteiger partial charge >= 0.3 is 11.9 Å². The summed E-state index contributed by atoms with van der Waals surface area (Å²) in [6, 6.07) is 6.32. The van der Waals surface area contributed by atoms with Gasteiger partial charge in [-0.2, -0.15) is 5.10 Å². The number of hydrogen-bond donors (Lipinski definition) is 2. The molecule has 0 saturated carbocycles. The molecule has 1 aromatic carbocycles. The minimum Gasteiger partial charge on any atom is -0.465 e. The Bertz CT molecular complexity index is 1060. The van der Waals surface area contributed by atoms with Gasteiger partial charge < -0.3 is 20.5 Å². The fourth-order valence-corrected chi connectivity index (χ4v) is 2.81. The first-order chi connectivity index (χ1) is 13.8. The van der Waals surface area contributed by atoms with Crippen LogP contribution in [0.4, 0.5) is 17.2 Å². The van der Waals surface area contributed by atoms with Crippen LogP contribution >= 0.6 is 0 Å². The molecule has 0 spiro atoms. The van der Waals surface area contributed by atoms with Crippen LogP contribution in [0.2, 0.25) is 0 Å². The van der Waals surface area contributed by atoms with E-state index in [1.807, 2.05) is 19.9 Å². The number of benzene rings is 1. The minimum absolute atomic E-state index is 0.171. The Kier molecular flexibility index (Phi) is 5.44. The number of aromatic nitrogens is 4. The van der Waals surface area contributed by atoms with Crippen LogP contribution in [0.25, 0.3) is 5.82 Å². The zero-order valence-electron chi connectivity index (χ0n) is 16.4. The highest BCUT2D eigenvalue weighted by Crippen LogP contribution is 2.27. The Balaban J connectivity index is 2.04. The number of nitrogens with two attached hydrogens (primary N) is 1. The molecule has 0 radical (unpaired) electrons. The van der Waals surface area contributed by atoms with Crippen molar-refractivity contribution in [2.24, 2.45) is 0 Å². The lowest BCUT2D eigenvalue weighted by molar-refractivity contribution is 0.0599. The summed E-state index contributed by atoms with van der Waals surface area (Å²) in [5, 5.41) is 7.40. The van der Waals surface area contributed by atoms with E-state index in [-0.39, 0.29) is 16.8 Å². The molecule has 0 atom stereocenters. The number of carbonyl (C=O) groups is 2. The van der Waals surface area contributed by atoms with Gasteiger partial charge in [0.15, 0.2) is 11.6 Å². The van der Waals surface area contributed by atoms with E-state index >= 15 is 0 Å². The van der Waals surface area contributed by atoms with Crippen LogP contribution in [0.1, 0.15) is 32.1 Å². The predicted octanol–water partition coefficient (Wildman–Crippen LogP) is 2.18. The van der Waals surface area contributed by atoms with Gasteiger partial charge in [0.2, 0.25) is 0 Å². The lowest BCUT2D eigenvalue weighted by Crippen LogP contribution is -2.11. The first-order valence-electron chi connectivity index (χ1n) is 8.57. The van der Waals surface area contributed by atoms with Crippen LogP contribution in [0, 0.1) is 13.8 Å². The molecule has 2 aromatic heterocycles. The van der Waals surface area contributed by atoms with Crippen molar-refractivity contribution < 1.29 is 19.1 Å². The first-order valence-corrected chi connectivity index (χ1v) is 8.57. The van der Waals surface area contributed by atoms with Crippen LogP contribution in [0.3, 0.4) is 0 Å². The van der Waals surface area contributed by atoms with E-state index in [0.29, 0.717) is 17.3 Å². The topological polar surface area (TPSA) is 134 Å². The second-order valence-electron chi connectivity index (χ2n) is 6.21. The van der Waals surface area contributed by atoms with Gasteiger partial charge in [0.05, 0.1) is 31.0 Å². The highest BCUT2D eigenvalue weighted by atomic mass is 16.5. The lowest BCUT2D eigenvalue weighted by atomic mass is 10.1. The Labute approximate surface area is 166 Å². The Hall–Kier alpha value is -3.95. The van der Waals surface area contributed by atoms with Gasteiger partial charge in [0, 0.05) is 11.4 Å². The average Bonchev–Trinajstić information content (AvgIpc) is 3.05. The maximum atomic E-state index is 12.0. The first kappa shape index (κ1) is 19.8. The maximum absolute atomic E-state index is 12.0. The molecule has 0 unspecified atom stereocenters. The molecule has 150 valence electrons. The fourth-order valence-electron chi connectivity index (χ4n) is 2.81. The Morgan fingerprint density at radius 1 is 1.00 bits per heavy atom. The van der Waals surface area contributed by atoms with Crippen molar-refractivity contribution in [3.05, 3.63) is 53.1 Å². The number of nitrogens with zero attached hydrogens (tertiary/aromatic N) is 4. The molecule has 0 aliphatic rings. The fraction of sp³-hybridized carbons (Fsp3) is 0.211. The van der Waals surface area contributed by atoms with E-state index in [1.54, 1.807) is 4.68 Å². The van der Waals surface area contributed by atoms with E-state index < -0.39 is 11.9 Å². The van der Waals surface area contributed by atoms with Crippen molar-refractivity contribution >= 4 is 29.1 Å². The smallest absolute Gasteiger partial charge is 0.337 e. The van der Waals surface area contributed by atoms with Crippen molar-refractivity contribution in [2.75, 3.05) is 25.3 Å². The summed E-state index contributed by atoms with van der Waals surface area (Å²) in [6.07, 6.45) is 1.34. The molecule has 3 aromatic rings. The van der Waals surface area contributed by atoms with Crippen molar-refractivity contribution in [1.82, 2.24) is 19.7 Å². The molecule has 0 bridgehead atoms. The number of rotatable bonds is 5. The summed E-state index contributed by atoms with van der Waals surface area (Å²) in [6.45, 7) is 3.75. The molecule has 29 heavy (non-hydrogen) atoms. The Morgan fingerprint density at radius 2 is 1.62 bits per heavy atom. The van der Waals surface area contributed by atoms with Crippen LogP contribution in [0.5, 0.6) is 0 Å². The van der Waals surface area contributed by atoms with Crippen molar-refractivity contribution in [2.45, 2.75) is 13.8 Å². The summed E-state index contributed by atoms with van der Waals surface area (Å²) in [5.74, 6) is -0.499. The van der Waals surface area contributed by atoms with Crippen LogP contribution in [0.15, 0.2) is 30.6 Å². The number of nitrogen functional groups attached to an aromatic ring is 1. The van der Waals surface area contributed by atoms with Crippen molar-refractivity contribution in [1.29, 1.82) is 0 Å². The Morgan fingerprint density at radius 3 is 2.14 bits per heavy atom. The maximum Gasteiger partial charge on any atom is 0.337 e. The number of esters is 2. The van der Waals surface area contributed by atoms with Gasteiger partial charge in [0.1, 0.15) is 12.0 Å². The molecule has 10 heteroatoms. The third kappa shape index (κ3) is 4.00. The molecule has 0 fully saturated rings. The van der Waals surface area contributed by atoms with E-state index in [1.165, 1.54) is 38.7 Å². The molecular weight excluding hydrogens is 376 g/mol. The lowest BCUT2D eigenvalue weighted by Gasteiger charge is -2.13. The normalized spacial score (nSPS) is 10.5. The van der Waals surface area contributed by atoms with Crippen LogP contribution in [-0.4, -0.2) is 45.9 Å². The third-order valence-corrected chi connectivity index (χ3v) is 4.11. The van der Waals surface area contributed by atoms with Gasteiger partial charge in [-0.05, 0) is 38.1 Å². The summed E-state index contributed by atoms with van der Waals surface area (Å²) in [5.41, 5.74) is 8.94. The molecule has 3 N–H and O–H groups in total. The second kappa shape index (κ2) is 7.97. The quantitative estimate of drug-likeness (QED) is 0.622. The number of carbonyl (C=O) groups excluding carboxylic acids is 2. The molecule has 2 heterocycles. The zero-order valence-corrected chi connectivity index (χ0v) is 16.4. The molecule has 0 aliphatic carbocycles. The molecule has 0 amide bonds. The standard InChI is InChI=1S/C19H20N6O4/c1-10-5-11(2)25(24-10)17-15(20)16(21-9-22-17)23-14-7-12(18(26)28-3)6-13(8-14)19(27)29-4/h5-9H,20H2,1-4H3,(H,21,22,23). The van der Waals surface area contributed by atoms with Crippen molar-refractivity contribution in [3.63, 3.8) is 0 Å². The number of aryl methyl sites for hydroxylation is 2. The van der Waals surface area contributed by atoms with Crippen LogP contribution in [-0.2, 0) is 9.47 Å². The van der Waals surface area contributed by atoms with E-state index in [4.69, 9.17) is 15.2 Å². The molecular formula is C19H20N6O4. The van der Waals surface area contributed by atoms with E-state index in [9.17, 15) is 9.59 Å². The highest BCUT2D eigenvalue weighted by Gasteiger charge is 2.17. The van der Waals surface area contributed by atoms with Gasteiger partial charge in [0.25, 0.3) is 0 Å².